The molecule has 0 heterocycles. The summed E-state index contributed by atoms with van der Waals surface area (Å²) >= 11 is 0. The van der Waals surface area contributed by atoms with Gasteiger partial charge in [0.25, 0.3) is 0 Å². The zero-order valence-corrected chi connectivity index (χ0v) is 11.7. The molecule has 2 heteroatoms. The zero-order valence-electron chi connectivity index (χ0n) is 11.7. The molecule has 18 heavy (non-hydrogen) atoms. The third-order valence-electron chi connectivity index (χ3n) is 3.16. The summed E-state index contributed by atoms with van der Waals surface area (Å²) in [6.45, 7) is 3.97. The second-order valence-corrected chi connectivity index (χ2v) is 4.87. The van der Waals surface area contributed by atoms with Crippen molar-refractivity contribution in [2.75, 3.05) is 18.9 Å². The highest BCUT2D eigenvalue weighted by Gasteiger charge is 1.94. The molecule has 0 saturated heterocycles. The van der Waals surface area contributed by atoms with E-state index in [0.717, 1.165) is 25.3 Å². The number of unbranched alkanes of at least 4 members (excludes halogenated alkanes) is 5. The molecule has 0 saturated carbocycles. The molecular weight excluding hydrogens is 222 g/mol. The van der Waals surface area contributed by atoms with Crippen LogP contribution in [0.2, 0.25) is 0 Å². The highest BCUT2D eigenvalue weighted by molar-refractivity contribution is 5.39. The number of benzene rings is 1. The lowest BCUT2D eigenvalue weighted by Gasteiger charge is -2.05. The molecule has 2 N–H and O–H groups in total. The van der Waals surface area contributed by atoms with E-state index in [0.29, 0.717) is 0 Å². The van der Waals surface area contributed by atoms with E-state index in [-0.39, 0.29) is 0 Å². The normalized spacial score (nSPS) is 10.7. The lowest BCUT2D eigenvalue weighted by atomic mass is 10.1. The monoisotopic (exact) mass is 249 g/mol. The average molecular weight is 249 g/mol. The Balaban J connectivity index is 1.91. The molecule has 0 aliphatic heterocycles. The summed E-state index contributed by atoms with van der Waals surface area (Å²) in [5.41, 5.74) is 7.76. The van der Waals surface area contributed by atoms with Crippen LogP contribution in [0.5, 0.6) is 0 Å². The van der Waals surface area contributed by atoms with E-state index in [1.165, 1.54) is 44.1 Å². The molecule has 1 aromatic carbocycles. The third kappa shape index (κ3) is 7.33. The van der Waals surface area contributed by atoms with Crippen LogP contribution in [-0.4, -0.2) is 13.2 Å². The number of hydrogen-bond acceptors (Lipinski definition) is 2. The minimum absolute atomic E-state index is 0.818. The summed E-state index contributed by atoms with van der Waals surface area (Å²) < 4.78 is 5.64. The van der Waals surface area contributed by atoms with Crippen molar-refractivity contribution in [3.63, 3.8) is 0 Å². The summed E-state index contributed by atoms with van der Waals surface area (Å²) in [5.74, 6) is 0. The van der Waals surface area contributed by atoms with E-state index in [1.807, 2.05) is 12.1 Å². The van der Waals surface area contributed by atoms with Crippen molar-refractivity contribution in [3.8, 4) is 0 Å². The second kappa shape index (κ2) is 9.95. The van der Waals surface area contributed by atoms with Gasteiger partial charge < -0.3 is 10.5 Å². The maximum atomic E-state index is 5.64. The minimum atomic E-state index is 0.818. The summed E-state index contributed by atoms with van der Waals surface area (Å²) in [5, 5.41) is 0. The predicted octanol–water partition coefficient (Wildman–Crippen LogP) is 4.19. The van der Waals surface area contributed by atoms with E-state index >= 15 is 0 Å². The second-order valence-electron chi connectivity index (χ2n) is 4.87. The highest BCUT2D eigenvalue weighted by Crippen LogP contribution is 2.07. The topological polar surface area (TPSA) is 35.2 Å². The maximum absolute atomic E-state index is 5.64. The van der Waals surface area contributed by atoms with Crippen molar-refractivity contribution >= 4 is 5.69 Å². The van der Waals surface area contributed by atoms with E-state index in [9.17, 15) is 0 Å². The third-order valence-corrected chi connectivity index (χ3v) is 3.16. The molecule has 0 amide bonds. The quantitative estimate of drug-likeness (QED) is 0.498. The first-order valence-corrected chi connectivity index (χ1v) is 7.25. The molecule has 2 nitrogen and oxygen atoms in total. The molecule has 0 fully saturated rings. The van der Waals surface area contributed by atoms with E-state index < -0.39 is 0 Å². The number of rotatable bonds is 10. The van der Waals surface area contributed by atoms with Gasteiger partial charge in [0.05, 0.1) is 6.61 Å². The molecule has 0 aliphatic carbocycles. The average Bonchev–Trinajstić information content (AvgIpc) is 2.39. The van der Waals surface area contributed by atoms with Gasteiger partial charge in [0.1, 0.15) is 0 Å². The number of anilines is 1. The Morgan fingerprint density at radius 1 is 0.889 bits per heavy atom. The standard InChI is InChI=1S/C16H27NO/c1-2-3-4-5-6-7-13-18-14-12-15-8-10-16(17)11-9-15/h8-11H,2-7,12-14,17H2,1H3. The molecule has 0 unspecified atom stereocenters. The molecule has 0 aliphatic rings. The molecule has 0 radical (unpaired) electrons. The lowest BCUT2D eigenvalue weighted by molar-refractivity contribution is 0.133. The molecule has 0 spiro atoms. The fourth-order valence-corrected chi connectivity index (χ4v) is 1.96. The van der Waals surface area contributed by atoms with Gasteiger partial charge in [-0.3, -0.25) is 0 Å². The van der Waals surface area contributed by atoms with Gasteiger partial charge >= 0.3 is 0 Å². The van der Waals surface area contributed by atoms with Gasteiger partial charge in [-0.2, -0.15) is 0 Å². The first-order chi connectivity index (χ1) is 8.83. The van der Waals surface area contributed by atoms with Crippen LogP contribution in [0, 0.1) is 0 Å². The number of ether oxygens (including phenoxy) is 1. The van der Waals surface area contributed by atoms with Crippen molar-refractivity contribution in [2.45, 2.75) is 51.9 Å². The Morgan fingerprint density at radius 3 is 2.28 bits per heavy atom. The highest BCUT2D eigenvalue weighted by atomic mass is 16.5. The molecular formula is C16H27NO. The van der Waals surface area contributed by atoms with Gasteiger partial charge in [-0.1, -0.05) is 51.2 Å². The summed E-state index contributed by atoms with van der Waals surface area (Å²) in [7, 11) is 0. The van der Waals surface area contributed by atoms with E-state index in [1.54, 1.807) is 0 Å². The lowest BCUT2D eigenvalue weighted by Crippen LogP contribution is -2.00. The van der Waals surface area contributed by atoms with Crippen LogP contribution in [0.4, 0.5) is 5.69 Å². The van der Waals surface area contributed by atoms with Gasteiger partial charge in [-0.15, -0.1) is 0 Å². The Bertz CT molecular complexity index is 294. The SMILES string of the molecule is CCCCCCCCOCCc1ccc(N)cc1. The van der Waals surface area contributed by atoms with Crippen LogP contribution < -0.4 is 5.73 Å². The Kier molecular flexibility index (Phi) is 8.32. The first kappa shape index (κ1) is 15.0. The molecule has 0 aromatic heterocycles. The largest absolute Gasteiger partial charge is 0.399 e. The molecule has 0 atom stereocenters. The summed E-state index contributed by atoms with van der Waals surface area (Å²) in [4.78, 5) is 0. The van der Waals surface area contributed by atoms with Gasteiger partial charge in [0.15, 0.2) is 0 Å². The van der Waals surface area contributed by atoms with Crippen molar-refractivity contribution in [1.82, 2.24) is 0 Å². The van der Waals surface area contributed by atoms with Crippen LogP contribution in [0.3, 0.4) is 0 Å². The van der Waals surface area contributed by atoms with Gasteiger partial charge in [0, 0.05) is 12.3 Å². The molecule has 1 aromatic rings. The van der Waals surface area contributed by atoms with Crippen LogP contribution in [0.25, 0.3) is 0 Å². The number of hydrogen-bond donors (Lipinski definition) is 1. The fourth-order valence-electron chi connectivity index (χ4n) is 1.96. The minimum Gasteiger partial charge on any atom is -0.399 e. The van der Waals surface area contributed by atoms with Crippen LogP contribution in [-0.2, 0) is 11.2 Å². The van der Waals surface area contributed by atoms with E-state index in [4.69, 9.17) is 10.5 Å². The van der Waals surface area contributed by atoms with E-state index in [2.05, 4.69) is 19.1 Å². The van der Waals surface area contributed by atoms with Gasteiger partial charge in [-0.25, -0.2) is 0 Å². The van der Waals surface area contributed by atoms with Gasteiger partial charge in [-0.05, 0) is 30.5 Å². The van der Waals surface area contributed by atoms with Crippen LogP contribution in [0.15, 0.2) is 24.3 Å². The Hall–Kier alpha value is -1.02. The fraction of sp³-hybridized carbons (Fsp3) is 0.625. The summed E-state index contributed by atoms with van der Waals surface area (Å²) in [6, 6.07) is 8.04. The summed E-state index contributed by atoms with van der Waals surface area (Å²) in [6.07, 6.45) is 8.91. The maximum Gasteiger partial charge on any atom is 0.0506 e. The number of nitrogens with two attached hydrogens (primary N) is 1. The predicted molar refractivity (Wildman–Crippen MR) is 78.8 cm³/mol. The van der Waals surface area contributed by atoms with Crippen molar-refractivity contribution in [1.29, 1.82) is 0 Å². The van der Waals surface area contributed by atoms with Crippen molar-refractivity contribution in [2.24, 2.45) is 0 Å². The molecule has 102 valence electrons. The Morgan fingerprint density at radius 2 is 1.56 bits per heavy atom. The zero-order chi connectivity index (χ0) is 13.1. The smallest absolute Gasteiger partial charge is 0.0506 e. The van der Waals surface area contributed by atoms with Crippen LogP contribution in [0.1, 0.15) is 51.0 Å². The molecule has 1 rings (SSSR count). The Labute approximate surface area is 112 Å². The van der Waals surface area contributed by atoms with Crippen LogP contribution >= 0.6 is 0 Å². The number of nitrogen functional groups attached to an aromatic ring is 1. The molecule has 0 bridgehead atoms. The van der Waals surface area contributed by atoms with Crippen molar-refractivity contribution < 1.29 is 4.74 Å². The van der Waals surface area contributed by atoms with Crippen molar-refractivity contribution in [3.05, 3.63) is 29.8 Å². The van der Waals surface area contributed by atoms with Gasteiger partial charge in [0.2, 0.25) is 0 Å². The first-order valence-electron chi connectivity index (χ1n) is 7.25.